The Balaban J connectivity index is 1.78. The lowest BCUT2D eigenvalue weighted by atomic mass is 9.83. The minimum Gasteiger partial charge on any atom is -0.449 e. The van der Waals surface area contributed by atoms with Crippen molar-refractivity contribution in [1.29, 1.82) is 0 Å². The van der Waals surface area contributed by atoms with E-state index in [1.807, 2.05) is 57.2 Å². The van der Waals surface area contributed by atoms with Gasteiger partial charge in [-0.3, -0.25) is 9.89 Å². The van der Waals surface area contributed by atoms with Crippen LogP contribution in [0.4, 0.5) is 10.5 Å². The van der Waals surface area contributed by atoms with E-state index in [9.17, 15) is 9.59 Å². The van der Waals surface area contributed by atoms with Crippen LogP contribution in [0, 0.1) is 6.92 Å². The number of H-pyrrole nitrogens is 1. The Bertz CT molecular complexity index is 1040. The summed E-state index contributed by atoms with van der Waals surface area (Å²) >= 11 is 0. The van der Waals surface area contributed by atoms with Crippen LogP contribution < -0.4 is 10.2 Å². The molecule has 0 spiro atoms. The Morgan fingerprint density at radius 3 is 2.65 bits per heavy atom. The highest BCUT2D eigenvalue weighted by Crippen LogP contribution is 2.32. The second kappa shape index (κ2) is 9.59. The van der Waals surface area contributed by atoms with Crippen LogP contribution in [0.3, 0.4) is 0 Å². The number of carbonyl (C=O) groups excluding carboxylic acids is 2. The number of nitrogens with one attached hydrogen (secondary N) is 2. The van der Waals surface area contributed by atoms with Gasteiger partial charge in [0.1, 0.15) is 0 Å². The first kappa shape index (κ1) is 22.3. The molecule has 0 radical (unpaired) electrons. The highest BCUT2D eigenvalue weighted by molar-refractivity contribution is 5.94. The minimum absolute atomic E-state index is 0.0196. The Hall–Kier alpha value is -3.42. The molecule has 3 aromatic rings. The molecule has 0 fully saturated rings. The zero-order valence-electron chi connectivity index (χ0n) is 18.4. The van der Waals surface area contributed by atoms with Gasteiger partial charge in [-0.25, -0.2) is 9.78 Å². The van der Waals surface area contributed by atoms with E-state index in [-0.39, 0.29) is 18.9 Å². The van der Waals surface area contributed by atoms with Gasteiger partial charge >= 0.3 is 6.09 Å². The summed E-state index contributed by atoms with van der Waals surface area (Å²) < 4.78 is 5.08. The molecule has 2 amide bonds. The van der Waals surface area contributed by atoms with Gasteiger partial charge in [0, 0.05) is 42.7 Å². The van der Waals surface area contributed by atoms with Gasteiger partial charge in [0.25, 0.3) is 0 Å². The van der Waals surface area contributed by atoms with E-state index in [1.165, 1.54) is 7.05 Å². The van der Waals surface area contributed by atoms with Crippen LogP contribution in [0.25, 0.3) is 11.0 Å². The van der Waals surface area contributed by atoms with Crippen molar-refractivity contribution in [2.75, 3.05) is 25.1 Å². The van der Waals surface area contributed by atoms with Crippen LogP contribution in [-0.4, -0.2) is 47.4 Å². The molecule has 2 aromatic heterocycles. The Morgan fingerprint density at radius 1 is 1.19 bits per heavy atom. The van der Waals surface area contributed by atoms with Crippen LogP contribution in [0.2, 0.25) is 0 Å². The van der Waals surface area contributed by atoms with Gasteiger partial charge in [0.2, 0.25) is 5.91 Å². The predicted octanol–water partition coefficient (Wildman–Crippen LogP) is 3.71. The molecule has 3 rings (SSSR count). The number of ether oxygens (including phenoxy) is 1. The summed E-state index contributed by atoms with van der Waals surface area (Å²) in [6, 6.07) is 11.7. The largest absolute Gasteiger partial charge is 0.449 e. The summed E-state index contributed by atoms with van der Waals surface area (Å²) in [5.41, 5.74) is 2.96. The number of amides is 2. The van der Waals surface area contributed by atoms with Crippen molar-refractivity contribution in [2.24, 2.45) is 0 Å². The number of aromatic amines is 1. The molecular formula is C23H29N5O3. The van der Waals surface area contributed by atoms with E-state index in [4.69, 9.17) is 4.74 Å². The van der Waals surface area contributed by atoms with Gasteiger partial charge in [-0.2, -0.15) is 5.10 Å². The quantitative estimate of drug-likeness (QED) is 0.538. The third kappa shape index (κ3) is 5.39. The lowest BCUT2D eigenvalue weighted by molar-refractivity contribution is -0.119. The van der Waals surface area contributed by atoms with E-state index >= 15 is 0 Å². The lowest BCUT2D eigenvalue weighted by Gasteiger charge is -2.28. The van der Waals surface area contributed by atoms with E-state index in [0.717, 1.165) is 22.3 Å². The Morgan fingerprint density at radius 2 is 1.94 bits per heavy atom. The normalized spacial score (nSPS) is 11.4. The molecule has 0 saturated carbocycles. The number of rotatable bonds is 8. The molecule has 164 valence electrons. The second-order valence-electron chi connectivity index (χ2n) is 8.15. The molecule has 8 nitrogen and oxygen atoms in total. The van der Waals surface area contributed by atoms with Crippen LogP contribution in [0.1, 0.15) is 37.9 Å². The summed E-state index contributed by atoms with van der Waals surface area (Å²) in [6.07, 6.45) is 2.03. The minimum atomic E-state index is -0.500. The van der Waals surface area contributed by atoms with Crippen molar-refractivity contribution in [3.63, 3.8) is 0 Å². The van der Waals surface area contributed by atoms with Crippen LogP contribution >= 0.6 is 0 Å². The summed E-state index contributed by atoms with van der Waals surface area (Å²) in [4.78, 5) is 30.8. The average molecular weight is 424 g/mol. The Kier molecular flexibility index (Phi) is 6.89. The van der Waals surface area contributed by atoms with E-state index in [2.05, 4.69) is 20.5 Å². The van der Waals surface area contributed by atoms with E-state index in [1.54, 1.807) is 11.1 Å². The maximum Gasteiger partial charge on any atom is 0.406 e. The number of pyridine rings is 1. The number of alkyl carbamates (subject to hydrolysis) is 1. The van der Waals surface area contributed by atoms with Gasteiger partial charge in [-0.15, -0.1) is 0 Å². The molecule has 0 bridgehead atoms. The number of nitrogens with zero attached hydrogens (tertiary/aromatic N) is 3. The SMILES string of the molecule is CNC(=O)OCCCN(C(=O)CC(C)(C)c1n[nH]c2ncccc12)c1ccc(C)cc1. The molecule has 0 saturated heterocycles. The number of aryl methyl sites for hydroxylation is 1. The summed E-state index contributed by atoms with van der Waals surface area (Å²) in [5, 5.41) is 10.7. The first-order chi connectivity index (χ1) is 14.8. The number of aromatic nitrogens is 3. The second-order valence-corrected chi connectivity index (χ2v) is 8.15. The van der Waals surface area contributed by atoms with Gasteiger partial charge in [0.15, 0.2) is 5.65 Å². The molecule has 1 aromatic carbocycles. The molecule has 0 unspecified atom stereocenters. The molecular weight excluding hydrogens is 394 g/mol. The lowest BCUT2D eigenvalue weighted by Crippen LogP contribution is -2.37. The van der Waals surface area contributed by atoms with Crippen molar-refractivity contribution in [3.05, 3.63) is 53.9 Å². The highest BCUT2D eigenvalue weighted by atomic mass is 16.5. The predicted molar refractivity (Wildman–Crippen MR) is 120 cm³/mol. The van der Waals surface area contributed by atoms with Crippen molar-refractivity contribution >= 4 is 28.7 Å². The third-order valence-corrected chi connectivity index (χ3v) is 5.18. The molecule has 0 aliphatic carbocycles. The number of carbonyl (C=O) groups is 2. The monoisotopic (exact) mass is 423 g/mol. The average Bonchev–Trinajstić information content (AvgIpc) is 3.19. The summed E-state index contributed by atoms with van der Waals surface area (Å²) in [7, 11) is 1.51. The molecule has 2 N–H and O–H groups in total. The third-order valence-electron chi connectivity index (χ3n) is 5.18. The molecule has 31 heavy (non-hydrogen) atoms. The van der Waals surface area contributed by atoms with Crippen LogP contribution in [0.15, 0.2) is 42.6 Å². The first-order valence-corrected chi connectivity index (χ1v) is 10.3. The van der Waals surface area contributed by atoms with Crippen molar-refractivity contribution in [3.8, 4) is 0 Å². The highest BCUT2D eigenvalue weighted by Gasteiger charge is 2.31. The van der Waals surface area contributed by atoms with Gasteiger partial charge in [-0.1, -0.05) is 31.5 Å². The Labute approximate surface area is 182 Å². The molecule has 0 atom stereocenters. The molecule has 2 heterocycles. The van der Waals surface area contributed by atoms with Crippen LogP contribution in [0.5, 0.6) is 0 Å². The summed E-state index contributed by atoms with van der Waals surface area (Å²) in [6.45, 7) is 6.70. The van der Waals surface area contributed by atoms with Crippen molar-refractivity contribution < 1.29 is 14.3 Å². The standard InChI is InChI=1S/C23H29N5O3/c1-16-8-10-17(11-9-16)28(13-6-14-31-22(30)24-4)19(29)15-23(2,3)20-18-7-5-12-25-21(18)27-26-20/h5,7-12H,6,13-15H2,1-4H3,(H,24,30)(H,25,26,27). The fraction of sp³-hybridized carbons (Fsp3) is 0.391. The molecule has 0 aliphatic rings. The molecule has 8 heteroatoms. The van der Waals surface area contributed by atoms with Gasteiger partial charge in [-0.05, 0) is 37.6 Å². The number of hydrogen-bond acceptors (Lipinski definition) is 5. The topological polar surface area (TPSA) is 100 Å². The fourth-order valence-electron chi connectivity index (χ4n) is 3.51. The smallest absolute Gasteiger partial charge is 0.406 e. The number of benzene rings is 1. The number of fused-ring (bicyclic) bond motifs is 1. The number of hydrogen-bond donors (Lipinski definition) is 2. The first-order valence-electron chi connectivity index (χ1n) is 10.3. The zero-order chi connectivity index (χ0) is 22.4. The number of anilines is 1. The van der Waals surface area contributed by atoms with Gasteiger partial charge < -0.3 is 15.0 Å². The van der Waals surface area contributed by atoms with Crippen molar-refractivity contribution in [1.82, 2.24) is 20.5 Å². The zero-order valence-corrected chi connectivity index (χ0v) is 18.4. The fourth-order valence-corrected chi connectivity index (χ4v) is 3.51. The van der Waals surface area contributed by atoms with E-state index in [0.29, 0.717) is 18.6 Å². The maximum atomic E-state index is 13.4. The van der Waals surface area contributed by atoms with Crippen LogP contribution in [-0.2, 0) is 14.9 Å². The summed E-state index contributed by atoms with van der Waals surface area (Å²) in [5.74, 6) is -0.0196. The maximum absolute atomic E-state index is 13.4. The van der Waals surface area contributed by atoms with E-state index < -0.39 is 11.5 Å². The van der Waals surface area contributed by atoms with Gasteiger partial charge in [0.05, 0.1) is 12.3 Å². The molecule has 0 aliphatic heterocycles. The van der Waals surface area contributed by atoms with Crippen molar-refractivity contribution in [2.45, 2.75) is 39.0 Å².